The van der Waals surface area contributed by atoms with Crippen molar-refractivity contribution in [2.45, 2.75) is 224 Å². The highest BCUT2D eigenvalue weighted by molar-refractivity contribution is 5.15. The molecule has 0 radical (unpaired) electrons. The van der Waals surface area contributed by atoms with Crippen molar-refractivity contribution in [1.29, 1.82) is 0 Å². The van der Waals surface area contributed by atoms with Crippen LogP contribution in [0.3, 0.4) is 0 Å². The lowest BCUT2D eigenvalue weighted by molar-refractivity contribution is 0.293. The van der Waals surface area contributed by atoms with Gasteiger partial charge in [-0.25, -0.2) is 0 Å². The molecule has 0 saturated heterocycles. The average molecular weight is 758 g/mol. The SMILES string of the molecule is CC(C)C#CC1CCCCC1.CC(C)C1=CC(C2CCCCC2)NCC1.CC(C)C1=CCCCC1.CC(C)C1=CCCCC1C.CC1CCC=C(C(C)C)C1. The van der Waals surface area contributed by atoms with E-state index < -0.39 is 0 Å². The van der Waals surface area contributed by atoms with E-state index in [1.54, 1.807) is 22.3 Å². The number of hydrogen-bond donors (Lipinski definition) is 1. The lowest BCUT2D eigenvalue weighted by Gasteiger charge is -2.33. The third-order valence-electron chi connectivity index (χ3n) is 13.2. The maximum Gasteiger partial charge on any atom is 0.0281 e. The molecule has 2 saturated carbocycles. The number of hydrogen-bond acceptors (Lipinski definition) is 1. The first-order valence-electron chi connectivity index (χ1n) is 24.3. The molecular weight excluding hydrogens is 663 g/mol. The summed E-state index contributed by atoms with van der Waals surface area (Å²) < 4.78 is 0. The van der Waals surface area contributed by atoms with Crippen LogP contribution in [0.5, 0.6) is 0 Å². The minimum absolute atomic E-state index is 0.553. The molecule has 1 aliphatic heterocycles. The zero-order chi connectivity index (χ0) is 40.6. The van der Waals surface area contributed by atoms with Gasteiger partial charge in [-0.15, -0.1) is 5.92 Å². The van der Waals surface area contributed by atoms with Crippen LogP contribution in [-0.4, -0.2) is 12.6 Å². The molecule has 5 aliphatic carbocycles. The predicted octanol–water partition coefficient (Wildman–Crippen LogP) is 16.7. The van der Waals surface area contributed by atoms with E-state index in [0.717, 1.165) is 47.3 Å². The molecule has 0 spiro atoms. The molecule has 6 rings (SSSR count). The molecule has 316 valence electrons. The summed E-state index contributed by atoms with van der Waals surface area (Å²) >= 11 is 0. The van der Waals surface area contributed by atoms with Gasteiger partial charge in [0.2, 0.25) is 0 Å². The monoisotopic (exact) mass is 758 g/mol. The van der Waals surface area contributed by atoms with Crippen molar-refractivity contribution in [2.75, 3.05) is 6.54 Å². The molecule has 3 atom stereocenters. The highest BCUT2D eigenvalue weighted by Gasteiger charge is 2.24. The molecule has 6 aliphatic rings. The number of rotatable bonds is 5. The van der Waals surface area contributed by atoms with Gasteiger partial charge in [-0.2, -0.15) is 0 Å². The molecule has 0 bridgehead atoms. The fraction of sp³-hybridized carbons (Fsp3) is 0.815. The molecule has 0 aromatic rings. The molecule has 0 amide bonds. The van der Waals surface area contributed by atoms with Gasteiger partial charge in [0.15, 0.2) is 0 Å². The van der Waals surface area contributed by atoms with E-state index in [1.165, 1.54) is 141 Å². The zero-order valence-corrected chi connectivity index (χ0v) is 39.1. The van der Waals surface area contributed by atoms with Crippen molar-refractivity contribution in [3.8, 4) is 11.8 Å². The highest BCUT2D eigenvalue weighted by atomic mass is 14.9. The van der Waals surface area contributed by atoms with Gasteiger partial charge >= 0.3 is 0 Å². The van der Waals surface area contributed by atoms with Crippen LogP contribution in [0.1, 0.15) is 218 Å². The van der Waals surface area contributed by atoms with Crippen LogP contribution in [0, 0.1) is 65.1 Å². The highest BCUT2D eigenvalue weighted by Crippen LogP contribution is 2.31. The van der Waals surface area contributed by atoms with E-state index in [9.17, 15) is 0 Å². The normalized spacial score (nSPS) is 24.9. The number of allylic oxidation sites excluding steroid dienone is 6. The number of nitrogens with one attached hydrogen (secondary N) is 1. The van der Waals surface area contributed by atoms with E-state index in [4.69, 9.17) is 0 Å². The van der Waals surface area contributed by atoms with E-state index in [-0.39, 0.29) is 0 Å². The quantitative estimate of drug-likeness (QED) is 0.218. The summed E-state index contributed by atoms with van der Waals surface area (Å²) in [5.74, 6) is 13.7. The lowest BCUT2D eigenvalue weighted by Crippen LogP contribution is -2.39. The first kappa shape index (κ1) is 49.6. The third kappa shape index (κ3) is 21.7. The van der Waals surface area contributed by atoms with Gasteiger partial charge < -0.3 is 5.32 Å². The van der Waals surface area contributed by atoms with Crippen LogP contribution in [0.15, 0.2) is 46.6 Å². The average Bonchev–Trinajstić information content (AvgIpc) is 3.19. The fourth-order valence-electron chi connectivity index (χ4n) is 9.43. The summed E-state index contributed by atoms with van der Waals surface area (Å²) in [4.78, 5) is 0. The van der Waals surface area contributed by atoms with Crippen LogP contribution in [0.4, 0.5) is 0 Å². The Morgan fingerprint density at radius 1 is 0.545 bits per heavy atom. The second kappa shape index (κ2) is 28.8. The van der Waals surface area contributed by atoms with Crippen LogP contribution >= 0.6 is 0 Å². The summed E-state index contributed by atoms with van der Waals surface area (Å²) in [7, 11) is 0. The molecule has 0 aromatic carbocycles. The zero-order valence-electron chi connectivity index (χ0n) is 39.1. The molecule has 3 unspecified atom stereocenters. The Labute approximate surface area is 346 Å². The summed E-state index contributed by atoms with van der Waals surface area (Å²) in [6, 6.07) is 0.691. The first-order valence-corrected chi connectivity index (χ1v) is 24.3. The van der Waals surface area contributed by atoms with Crippen molar-refractivity contribution >= 4 is 0 Å². The maximum absolute atomic E-state index is 3.70. The lowest BCUT2D eigenvalue weighted by atomic mass is 9.81. The molecule has 55 heavy (non-hydrogen) atoms. The van der Waals surface area contributed by atoms with Crippen molar-refractivity contribution in [1.82, 2.24) is 5.32 Å². The molecule has 1 heterocycles. The van der Waals surface area contributed by atoms with E-state index in [0.29, 0.717) is 12.0 Å². The Morgan fingerprint density at radius 3 is 1.62 bits per heavy atom. The second-order valence-electron chi connectivity index (χ2n) is 20.0. The summed E-state index contributed by atoms with van der Waals surface area (Å²) in [6.07, 6.45) is 39.0. The second-order valence-corrected chi connectivity index (χ2v) is 20.0. The minimum atomic E-state index is 0.553. The largest absolute Gasteiger partial charge is 0.310 e. The van der Waals surface area contributed by atoms with Crippen molar-refractivity contribution in [2.24, 2.45) is 53.3 Å². The molecule has 1 N–H and O–H groups in total. The van der Waals surface area contributed by atoms with Gasteiger partial charge in [0.25, 0.3) is 0 Å². The molecule has 1 nitrogen and oxygen atoms in total. The minimum Gasteiger partial charge on any atom is -0.310 e. The third-order valence-corrected chi connectivity index (χ3v) is 13.2. The van der Waals surface area contributed by atoms with Crippen molar-refractivity contribution in [3.63, 3.8) is 0 Å². The predicted molar refractivity (Wildman–Crippen MR) is 248 cm³/mol. The first-order chi connectivity index (χ1) is 26.3. The van der Waals surface area contributed by atoms with Crippen LogP contribution < -0.4 is 5.32 Å². The maximum atomic E-state index is 3.70. The summed E-state index contributed by atoms with van der Waals surface area (Å²) in [5.41, 5.74) is 6.73. The smallest absolute Gasteiger partial charge is 0.0281 e. The van der Waals surface area contributed by atoms with Crippen molar-refractivity contribution in [3.05, 3.63) is 46.6 Å². The Bertz CT molecular complexity index is 1180. The van der Waals surface area contributed by atoms with Crippen LogP contribution in [-0.2, 0) is 0 Å². The van der Waals surface area contributed by atoms with Gasteiger partial charge in [-0.3, -0.25) is 0 Å². The van der Waals surface area contributed by atoms with Gasteiger partial charge in [0, 0.05) is 17.9 Å². The van der Waals surface area contributed by atoms with Gasteiger partial charge in [-0.1, -0.05) is 174 Å². The van der Waals surface area contributed by atoms with E-state index >= 15 is 0 Å². The van der Waals surface area contributed by atoms with Gasteiger partial charge in [0.05, 0.1) is 0 Å². The molecule has 0 aromatic heterocycles. The van der Waals surface area contributed by atoms with Crippen LogP contribution in [0.2, 0.25) is 0 Å². The van der Waals surface area contributed by atoms with Crippen LogP contribution in [0.25, 0.3) is 0 Å². The fourth-order valence-corrected chi connectivity index (χ4v) is 9.43. The summed E-state index contributed by atoms with van der Waals surface area (Å²) in [6.45, 7) is 28.7. The van der Waals surface area contributed by atoms with E-state index in [1.807, 2.05) is 0 Å². The molecular formula is C54H95N. The standard InChI is InChI=1S/C14H25N.C11H18.2C10H18.C9H16/c1-11(2)13-8-9-15-14(10-13)12-6-4-3-5-7-12;1-10(2)8-9-11-6-4-3-5-7-11;1-8(2)10-6-4-5-9(3)7-10;1-8(2)10-7-5-4-6-9(10)3;1-8(2)9-6-4-3-5-7-9/h10-12,14-15H,3-9H2,1-2H3;10-11H,3-7H2,1-2H3;6,8-9H,4-5,7H2,1-3H3;7-9H,4-6H2,1-3H3;6,8H,3-5,7H2,1-2H3. The Morgan fingerprint density at radius 2 is 1.15 bits per heavy atom. The van der Waals surface area contributed by atoms with Gasteiger partial charge in [0.1, 0.15) is 0 Å². The van der Waals surface area contributed by atoms with Crippen molar-refractivity contribution < 1.29 is 0 Å². The molecule has 2 fully saturated rings. The topological polar surface area (TPSA) is 12.0 Å². The van der Waals surface area contributed by atoms with Gasteiger partial charge in [-0.05, 0) is 144 Å². The Balaban J connectivity index is 0.000000241. The Hall–Kier alpha value is -1.52. The summed E-state index contributed by atoms with van der Waals surface area (Å²) in [5, 5.41) is 3.70. The molecule has 1 heteroatoms. The van der Waals surface area contributed by atoms with E-state index in [2.05, 4.69) is 125 Å². The Kier molecular flexibility index (Phi) is 26.0.